The topological polar surface area (TPSA) is 9.23 Å². The number of halogens is 4. The van der Waals surface area contributed by atoms with Crippen LogP contribution in [0.2, 0.25) is 0 Å². The lowest BCUT2D eigenvalue weighted by Gasteiger charge is -2.11. The third kappa shape index (κ3) is 3.34. The van der Waals surface area contributed by atoms with E-state index in [0.717, 1.165) is 29.4 Å². The number of hydrogen-bond acceptors (Lipinski definition) is 1. The highest BCUT2D eigenvalue weighted by molar-refractivity contribution is 9.11. The van der Waals surface area contributed by atoms with Crippen LogP contribution in [0.15, 0.2) is 54.3 Å². The molecule has 2 rings (SSSR count). The Morgan fingerprint density at radius 1 is 0.765 bits per heavy atom. The van der Waals surface area contributed by atoms with Gasteiger partial charge in [-0.3, -0.25) is 0 Å². The molecule has 0 amide bonds. The quantitative estimate of drug-likeness (QED) is 0.470. The first-order chi connectivity index (χ1) is 8.08. The van der Waals surface area contributed by atoms with Crippen LogP contribution in [0.3, 0.4) is 0 Å². The van der Waals surface area contributed by atoms with Gasteiger partial charge in [0, 0.05) is 4.47 Å². The van der Waals surface area contributed by atoms with Crippen molar-refractivity contribution >= 4 is 63.7 Å². The van der Waals surface area contributed by atoms with Crippen molar-refractivity contribution in [2.75, 3.05) is 0 Å². The fraction of sp³-hybridized carbons (Fsp3) is 0. The second-order valence-corrected chi connectivity index (χ2v) is 6.71. The first kappa shape index (κ1) is 13.6. The normalized spacial score (nSPS) is 10.4. The molecule has 0 fully saturated rings. The number of ether oxygens (including phenoxy) is 1. The first-order valence-electron chi connectivity index (χ1n) is 4.65. The summed E-state index contributed by atoms with van der Waals surface area (Å²) >= 11 is 13.8. The number of hydrogen-bond donors (Lipinski definition) is 0. The maximum atomic E-state index is 5.86. The molecule has 0 aromatic heterocycles. The fourth-order valence-electron chi connectivity index (χ4n) is 1.26. The standard InChI is InChI=1S/C12H6Br4O/c13-7-5-9(15)12(10(16)6-7)17-11-4-2-1-3-8(11)14/h1-6H. The molecule has 0 unspecified atom stereocenters. The van der Waals surface area contributed by atoms with Crippen molar-refractivity contribution in [3.05, 3.63) is 54.3 Å². The highest BCUT2D eigenvalue weighted by atomic mass is 79.9. The molecule has 0 saturated carbocycles. The molecule has 0 radical (unpaired) electrons. The van der Waals surface area contributed by atoms with Gasteiger partial charge in [-0.25, -0.2) is 0 Å². The van der Waals surface area contributed by atoms with Crippen LogP contribution in [0.1, 0.15) is 0 Å². The van der Waals surface area contributed by atoms with Crippen molar-refractivity contribution in [3.63, 3.8) is 0 Å². The van der Waals surface area contributed by atoms with Gasteiger partial charge < -0.3 is 4.74 Å². The zero-order chi connectivity index (χ0) is 12.4. The molecule has 2 aromatic carbocycles. The molecular weight excluding hydrogens is 480 g/mol. The van der Waals surface area contributed by atoms with E-state index >= 15 is 0 Å². The second kappa shape index (κ2) is 5.87. The Morgan fingerprint density at radius 3 is 1.94 bits per heavy atom. The van der Waals surface area contributed by atoms with Crippen LogP contribution in [0.25, 0.3) is 0 Å². The van der Waals surface area contributed by atoms with Gasteiger partial charge in [0.2, 0.25) is 0 Å². The van der Waals surface area contributed by atoms with Gasteiger partial charge in [0.05, 0.1) is 13.4 Å². The van der Waals surface area contributed by atoms with Crippen molar-refractivity contribution in [1.82, 2.24) is 0 Å². The van der Waals surface area contributed by atoms with E-state index in [1.54, 1.807) is 0 Å². The Morgan fingerprint density at radius 2 is 1.35 bits per heavy atom. The SMILES string of the molecule is Brc1cc(Br)c(Oc2ccccc2Br)c(Br)c1. The van der Waals surface area contributed by atoms with Crippen molar-refractivity contribution in [2.24, 2.45) is 0 Å². The van der Waals surface area contributed by atoms with Gasteiger partial charge in [-0.2, -0.15) is 0 Å². The van der Waals surface area contributed by atoms with Gasteiger partial charge in [-0.05, 0) is 72.1 Å². The van der Waals surface area contributed by atoms with Crippen LogP contribution in [0.5, 0.6) is 11.5 Å². The Bertz CT molecular complexity index is 531. The lowest BCUT2D eigenvalue weighted by atomic mass is 10.3. The molecular formula is C12H6Br4O. The molecule has 0 atom stereocenters. The fourth-order valence-corrected chi connectivity index (χ4v) is 4.05. The summed E-state index contributed by atoms with van der Waals surface area (Å²) in [5, 5.41) is 0. The van der Waals surface area contributed by atoms with E-state index in [1.807, 2.05) is 36.4 Å². The summed E-state index contributed by atoms with van der Waals surface area (Å²) < 4.78 is 9.53. The molecule has 2 aromatic rings. The van der Waals surface area contributed by atoms with E-state index < -0.39 is 0 Å². The summed E-state index contributed by atoms with van der Waals surface area (Å²) in [4.78, 5) is 0. The molecule has 0 heterocycles. The minimum absolute atomic E-state index is 0.750. The van der Waals surface area contributed by atoms with Crippen LogP contribution in [0, 0.1) is 0 Å². The Kier molecular flexibility index (Phi) is 4.69. The molecule has 5 heteroatoms. The molecule has 88 valence electrons. The van der Waals surface area contributed by atoms with E-state index in [0.29, 0.717) is 0 Å². The molecule has 0 aliphatic rings. The highest BCUT2D eigenvalue weighted by Crippen LogP contribution is 2.40. The van der Waals surface area contributed by atoms with Crippen molar-refractivity contribution < 1.29 is 4.74 Å². The molecule has 0 N–H and O–H groups in total. The summed E-state index contributed by atoms with van der Waals surface area (Å²) in [5.41, 5.74) is 0. The van der Waals surface area contributed by atoms with E-state index in [4.69, 9.17) is 4.74 Å². The summed E-state index contributed by atoms with van der Waals surface area (Å²) in [5.74, 6) is 1.52. The van der Waals surface area contributed by atoms with Gasteiger partial charge in [0.15, 0.2) is 5.75 Å². The van der Waals surface area contributed by atoms with E-state index in [1.165, 1.54) is 0 Å². The Balaban J connectivity index is 2.40. The van der Waals surface area contributed by atoms with Crippen LogP contribution in [0.4, 0.5) is 0 Å². The van der Waals surface area contributed by atoms with Crippen molar-refractivity contribution in [3.8, 4) is 11.5 Å². The molecule has 0 aliphatic carbocycles. The van der Waals surface area contributed by atoms with Gasteiger partial charge in [0.25, 0.3) is 0 Å². The minimum atomic E-state index is 0.750. The number of benzene rings is 2. The van der Waals surface area contributed by atoms with Crippen molar-refractivity contribution in [1.29, 1.82) is 0 Å². The summed E-state index contributed by atoms with van der Waals surface area (Å²) in [6, 6.07) is 11.6. The van der Waals surface area contributed by atoms with E-state index in [-0.39, 0.29) is 0 Å². The average molecular weight is 486 g/mol. The smallest absolute Gasteiger partial charge is 0.155 e. The number of rotatable bonds is 2. The lowest BCUT2D eigenvalue weighted by Crippen LogP contribution is -1.88. The maximum absolute atomic E-state index is 5.86. The zero-order valence-electron chi connectivity index (χ0n) is 8.38. The average Bonchev–Trinajstić information content (AvgIpc) is 2.25. The highest BCUT2D eigenvalue weighted by Gasteiger charge is 2.10. The molecule has 1 nitrogen and oxygen atoms in total. The predicted molar refractivity (Wildman–Crippen MR) is 83.8 cm³/mol. The van der Waals surface area contributed by atoms with Crippen LogP contribution in [-0.4, -0.2) is 0 Å². The van der Waals surface area contributed by atoms with Crippen LogP contribution < -0.4 is 4.74 Å². The molecule has 0 spiro atoms. The third-order valence-electron chi connectivity index (χ3n) is 2.01. The molecule has 0 bridgehead atoms. The molecule has 0 saturated heterocycles. The summed E-state index contributed by atoms with van der Waals surface area (Å²) in [7, 11) is 0. The third-order valence-corrected chi connectivity index (χ3v) is 4.30. The maximum Gasteiger partial charge on any atom is 0.155 e. The van der Waals surface area contributed by atoms with E-state index in [2.05, 4.69) is 63.7 Å². The van der Waals surface area contributed by atoms with Gasteiger partial charge in [-0.15, -0.1) is 0 Å². The minimum Gasteiger partial charge on any atom is -0.454 e. The predicted octanol–water partition coefficient (Wildman–Crippen LogP) is 6.53. The first-order valence-corrected chi connectivity index (χ1v) is 7.82. The molecule has 17 heavy (non-hydrogen) atoms. The monoisotopic (exact) mass is 482 g/mol. The zero-order valence-corrected chi connectivity index (χ0v) is 14.7. The lowest BCUT2D eigenvalue weighted by molar-refractivity contribution is 0.473. The van der Waals surface area contributed by atoms with Gasteiger partial charge in [0.1, 0.15) is 5.75 Å². The van der Waals surface area contributed by atoms with Gasteiger partial charge >= 0.3 is 0 Å². The van der Waals surface area contributed by atoms with Gasteiger partial charge in [-0.1, -0.05) is 28.1 Å². The molecule has 0 aliphatic heterocycles. The number of para-hydroxylation sites is 1. The van der Waals surface area contributed by atoms with Crippen LogP contribution in [-0.2, 0) is 0 Å². The Labute approximate surface area is 133 Å². The Hall–Kier alpha value is 0.160. The van der Waals surface area contributed by atoms with Crippen molar-refractivity contribution in [2.45, 2.75) is 0 Å². The summed E-state index contributed by atoms with van der Waals surface area (Å²) in [6.07, 6.45) is 0. The summed E-state index contributed by atoms with van der Waals surface area (Å²) in [6.45, 7) is 0. The second-order valence-electron chi connectivity index (χ2n) is 3.23. The van der Waals surface area contributed by atoms with Crippen LogP contribution >= 0.6 is 63.7 Å². The largest absolute Gasteiger partial charge is 0.454 e. The van der Waals surface area contributed by atoms with E-state index in [9.17, 15) is 0 Å².